The first-order valence-electron chi connectivity index (χ1n) is 8.71. The number of aryl methyl sites for hydroxylation is 1. The van der Waals surface area contributed by atoms with E-state index in [9.17, 15) is 0 Å². The SMILES string of the molecule is CCCCCCCCCCC(CCc1ccncc1)NN. The maximum absolute atomic E-state index is 5.67. The van der Waals surface area contributed by atoms with Gasteiger partial charge >= 0.3 is 0 Å². The van der Waals surface area contributed by atoms with E-state index in [4.69, 9.17) is 5.84 Å². The first-order valence-corrected chi connectivity index (χ1v) is 8.71. The first-order chi connectivity index (χ1) is 10.4. The summed E-state index contributed by atoms with van der Waals surface area (Å²) < 4.78 is 0. The van der Waals surface area contributed by atoms with E-state index in [1.165, 1.54) is 63.4 Å². The van der Waals surface area contributed by atoms with Gasteiger partial charge in [0.05, 0.1) is 0 Å². The van der Waals surface area contributed by atoms with Crippen LogP contribution < -0.4 is 11.3 Å². The van der Waals surface area contributed by atoms with Gasteiger partial charge in [-0.2, -0.15) is 0 Å². The van der Waals surface area contributed by atoms with Crippen molar-refractivity contribution in [2.75, 3.05) is 0 Å². The highest BCUT2D eigenvalue weighted by Gasteiger charge is 2.06. The highest BCUT2D eigenvalue weighted by Crippen LogP contribution is 2.13. The average molecular weight is 291 g/mol. The Hall–Kier alpha value is -0.930. The van der Waals surface area contributed by atoms with Gasteiger partial charge < -0.3 is 0 Å². The van der Waals surface area contributed by atoms with Crippen LogP contribution in [0.1, 0.15) is 76.7 Å². The van der Waals surface area contributed by atoms with Gasteiger partial charge in [-0.05, 0) is 37.0 Å². The number of rotatable bonds is 13. The lowest BCUT2D eigenvalue weighted by Gasteiger charge is -2.15. The average Bonchev–Trinajstić information content (AvgIpc) is 2.54. The molecule has 0 spiro atoms. The number of aromatic nitrogens is 1. The van der Waals surface area contributed by atoms with Crippen LogP contribution in [-0.4, -0.2) is 11.0 Å². The predicted octanol–water partition coefficient (Wildman–Crippen LogP) is 4.38. The summed E-state index contributed by atoms with van der Waals surface area (Å²) in [6.45, 7) is 2.27. The smallest absolute Gasteiger partial charge is 0.0270 e. The molecule has 0 aliphatic heterocycles. The van der Waals surface area contributed by atoms with Gasteiger partial charge in [-0.3, -0.25) is 16.3 Å². The highest BCUT2D eigenvalue weighted by atomic mass is 15.2. The van der Waals surface area contributed by atoms with E-state index >= 15 is 0 Å². The minimum atomic E-state index is 0.443. The zero-order valence-corrected chi connectivity index (χ0v) is 13.7. The summed E-state index contributed by atoms with van der Waals surface area (Å²) in [6.07, 6.45) is 18.1. The summed E-state index contributed by atoms with van der Waals surface area (Å²) in [6, 6.07) is 4.62. The van der Waals surface area contributed by atoms with Crippen LogP contribution in [0.3, 0.4) is 0 Å². The lowest BCUT2D eigenvalue weighted by atomic mass is 10.0. The molecule has 0 amide bonds. The van der Waals surface area contributed by atoms with Crippen LogP contribution in [0.15, 0.2) is 24.5 Å². The number of hydrogen-bond donors (Lipinski definition) is 2. The Morgan fingerprint density at radius 2 is 1.57 bits per heavy atom. The second-order valence-corrected chi connectivity index (χ2v) is 6.02. The number of nitrogens with two attached hydrogens (primary N) is 1. The molecule has 3 nitrogen and oxygen atoms in total. The van der Waals surface area contributed by atoms with Crippen molar-refractivity contribution >= 4 is 0 Å². The molecule has 1 unspecified atom stereocenters. The minimum Gasteiger partial charge on any atom is -0.271 e. The van der Waals surface area contributed by atoms with Crippen LogP contribution in [0.25, 0.3) is 0 Å². The van der Waals surface area contributed by atoms with Gasteiger partial charge in [0.1, 0.15) is 0 Å². The van der Waals surface area contributed by atoms with Crippen LogP contribution in [-0.2, 0) is 6.42 Å². The van der Waals surface area contributed by atoms with Crippen LogP contribution in [0, 0.1) is 0 Å². The molecule has 0 saturated carbocycles. The van der Waals surface area contributed by atoms with E-state index in [2.05, 4.69) is 29.5 Å². The summed E-state index contributed by atoms with van der Waals surface area (Å²) in [4.78, 5) is 4.05. The molecule has 1 aromatic rings. The maximum Gasteiger partial charge on any atom is 0.0270 e. The molecule has 0 radical (unpaired) electrons. The number of nitrogens with one attached hydrogen (secondary N) is 1. The second kappa shape index (κ2) is 12.8. The van der Waals surface area contributed by atoms with Crippen molar-refractivity contribution in [2.45, 2.75) is 83.6 Å². The monoisotopic (exact) mass is 291 g/mol. The van der Waals surface area contributed by atoms with Gasteiger partial charge in [-0.15, -0.1) is 0 Å². The lowest BCUT2D eigenvalue weighted by Crippen LogP contribution is -2.35. The molecule has 0 saturated heterocycles. The second-order valence-electron chi connectivity index (χ2n) is 6.02. The largest absolute Gasteiger partial charge is 0.271 e. The Balaban J connectivity index is 2.01. The highest BCUT2D eigenvalue weighted by molar-refractivity contribution is 5.09. The standard InChI is InChI=1S/C18H33N3/c1-2-3-4-5-6-7-8-9-10-18(21-19)12-11-17-13-15-20-16-14-17/h13-16,18,21H,2-12,19H2,1H3. The molecule has 0 bridgehead atoms. The molecule has 1 heterocycles. The quantitative estimate of drug-likeness (QED) is 0.322. The van der Waals surface area contributed by atoms with Crippen molar-refractivity contribution in [1.82, 2.24) is 10.4 Å². The Morgan fingerprint density at radius 3 is 2.19 bits per heavy atom. The van der Waals surface area contributed by atoms with E-state index in [1.54, 1.807) is 0 Å². The molecule has 21 heavy (non-hydrogen) atoms. The molecular formula is C18H33N3. The summed E-state index contributed by atoms with van der Waals surface area (Å²) in [5.74, 6) is 5.67. The predicted molar refractivity (Wildman–Crippen MR) is 90.9 cm³/mol. The Kier molecular flexibility index (Phi) is 11.0. The number of hydrogen-bond acceptors (Lipinski definition) is 3. The molecule has 1 rings (SSSR count). The van der Waals surface area contributed by atoms with Gasteiger partial charge in [0.15, 0.2) is 0 Å². The van der Waals surface area contributed by atoms with Crippen molar-refractivity contribution in [3.8, 4) is 0 Å². The Morgan fingerprint density at radius 1 is 0.952 bits per heavy atom. The molecule has 120 valence electrons. The fourth-order valence-corrected chi connectivity index (χ4v) is 2.73. The fourth-order valence-electron chi connectivity index (χ4n) is 2.73. The molecule has 0 aliphatic carbocycles. The van der Waals surface area contributed by atoms with Crippen LogP contribution >= 0.6 is 0 Å². The molecule has 1 aromatic heterocycles. The topological polar surface area (TPSA) is 50.9 Å². The van der Waals surface area contributed by atoms with Crippen molar-refractivity contribution in [1.29, 1.82) is 0 Å². The van der Waals surface area contributed by atoms with Crippen molar-refractivity contribution < 1.29 is 0 Å². The van der Waals surface area contributed by atoms with Gasteiger partial charge in [-0.25, -0.2) is 0 Å². The summed E-state index contributed by atoms with van der Waals surface area (Å²) >= 11 is 0. The first kappa shape index (κ1) is 18.1. The van der Waals surface area contributed by atoms with Gasteiger partial charge in [0.2, 0.25) is 0 Å². The van der Waals surface area contributed by atoms with Crippen LogP contribution in [0.4, 0.5) is 0 Å². The molecule has 1 atom stereocenters. The van der Waals surface area contributed by atoms with E-state index in [1.807, 2.05) is 12.4 Å². The molecule has 3 heteroatoms. The zero-order valence-electron chi connectivity index (χ0n) is 13.7. The number of nitrogens with zero attached hydrogens (tertiary/aromatic N) is 1. The van der Waals surface area contributed by atoms with E-state index in [-0.39, 0.29) is 0 Å². The molecule has 0 aliphatic rings. The third-order valence-electron chi connectivity index (χ3n) is 4.17. The molecular weight excluding hydrogens is 258 g/mol. The molecule has 0 fully saturated rings. The Bertz CT molecular complexity index is 326. The number of hydrazine groups is 1. The van der Waals surface area contributed by atoms with Gasteiger partial charge in [0, 0.05) is 18.4 Å². The van der Waals surface area contributed by atoms with E-state index < -0.39 is 0 Å². The summed E-state index contributed by atoms with van der Waals surface area (Å²) in [5, 5.41) is 0. The van der Waals surface area contributed by atoms with Crippen LogP contribution in [0.2, 0.25) is 0 Å². The van der Waals surface area contributed by atoms with Gasteiger partial charge in [0.25, 0.3) is 0 Å². The molecule has 3 N–H and O–H groups in total. The maximum atomic E-state index is 5.67. The zero-order chi connectivity index (χ0) is 15.2. The van der Waals surface area contributed by atoms with E-state index in [0.717, 1.165) is 12.8 Å². The van der Waals surface area contributed by atoms with Crippen molar-refractivity contribution in [3.05, 3.63) is 30.1 Å². The normalized spacial score (nSPS) is 12.5. The summed E-state index contributed by atoms with van der Waals surface area (Å²) in [7, 11) is 0. The fraction of sp³-hybridized carbons (Fsp3) is 0.722. The van der Waals surface area contributed by atoms with E-state index in [0.29, 0.717) is 6.04 Å². The minimum absolute atomic E-state index is 0.443. The number of unbranched alkanes of at least 4 members (excludes halogenated alkanes) is 7. The van der Waals surface area contributed by atoms with Crippen molar-refractivity contribution in [2.24, 2.45) is 5.84 Å². The Labute approximate surface area is 130 Å². The van der Waals surface area contributed by atoms with Crippen molar-refractivity contribution in [3.63, 3.8) is 0 Å². The third kappa shape index (κ3) is 9.59. The van der Waals surface area contributed by atoms with Crippen LogP contribution in [0.5, 0.6) is 0 Å². The van der Waals surface area contributed by atoms with Gasteiger partial charge in [-0.1, -0.05) is 58.3 Å². The summed E-state index contributed by atoms with van der Waals surface area (Å²) in [5.41, 5.74) is 4.32. The third-order valence-corrected chi connectivity index (χ3v) is 4.17. The molecule has 0 aromatic carbocycles. The number of pyridine rings is 1. The lowest BCUT2D eigenvalue weighted by molar-refractivity contribution is 0.437.